The molecule has 5 heteroatoms. The van der Waals surface area contributed by atoms with E-state index in [-0.39, 0.29) is 22.7 Å². The summed E-state index contributed by atoms with van der Waals surface area (Å²) < 4.78 is 0. The van der Waals surface area contributed by atoms with Crippen molar-refractivity contribution in [2.24, 2.45) is 5.92 Å². The highest BCUT2D eigenvalue weighted by Gasteiger charge is 2.24. The van der Waals surface area contributed by atoms with Gasteiger partial charge in [-0.3, -0.25) is 4.79 Å². The molecule has 26 heavy (non-hydrogen) atoms. The average Bonchev–Trinajstić information content (AvgIpc) is 2.61. The van der Waals surface area contributed by atoms with E-state index in [1.807, 2.05) is 37.3 Å². The van der Waals surface area contributed by atoms with Crippen molar-refractivity contribution in [1.29, 1.82) is 5.26 Å². The Morgan fingerprint density at radius 2 is 2.12 bits per heavy atom. The maximum absolute atomic E-state index is 12.5. The van der Waals surface area contributed by atoms with Crippen LogP contribution in [-0.4, -0.2) is 16.9 Å². The molecule has 1 aliphatic carbocycles. The van der Waals surface area contributed by atoms with Crippen molar-refractivity contribution in [3.63, 3.8) is 0 Å². The molecule has 3 rings (SSSR count). The van der Waals surface area contributed by atoms with Crippen LogP contribution in [-0.2, 0) is 4.79 Å². The fraction of sp³-hybridized carbons (Fsp3) is 0.381. The summed E-state index contributed by atoms with van der Waals surface area (Å²) in [5.41, 5.74) is 2.53. The van der Waals surface area contributed by atoms with Crippen molar-refractivity contribution in [3.05, 3.63) is 46.1 Å². The SMILES string of the molecule is Cc1ccc2cc(/C=C(\C#N)C(=O)N[C@H]3CCCC[C@H]3C)c(Cl)nc2c1. The first-order chi connectivity index (χ1) is 12.5. The van der Waals surface area contributed by atoms with Gasteiger partial charge in [-0.15, -0.1) is 0 Å². The summed E-state index contributed by atoms with van der Waals surface area (Å²) in [6.07, 6.45) is 5.91. The Hall–Kier alpha value is -2.38. The van der Waals surface area contributed by atoms with Crippen LogP contribution in [0.25, 0.3) is 17.0 Å². The van der Waals surface area contributed by atoms with Crippen molar-refractivity contribution in [2.45, 2.75) is 45.6 Å². The molecule has 2 aromatic rings. The highest BCUT2D eigenvalue weighted by molar-refractivity contribution is 6.31. The Kier molecular flexibility index (Phi) is 5.58. The number of fused-ring (bicyclic) bond motifs is 1. The normalized spacial score (nSPS) is 20.6. The second-order valence-electron chi connectivity index (χ2n) is 7.08. The standard InChI is InChI=1S/C21H22ClN3O/c1-13-7-8-15-10-16(20(22)24-19(15)9-13)11-17(12-23)21(26)25-18-6-4-3-5-14(18)2/h7-11,14,18H,3-6H2,1-2H3,(H,25,26)/b17-11+/t14-,18+/m1/s1. The van der Waals surface area contributed by atoms with Gasteiger partial charge < -0.3 is 5.32 Å². The predicted molar refractivity (Wildman–Crippen MR) is 105 cm³/mol. The number of aromatic nitrogens is 1. The first-order valence-corrected chi connectivity index (χ1v) is 9.35. The number of carbonyl (C=O) groups excluding carboxylic acids is 1. The lowest BCUT2D eigenvalue weighted by Crippen LogP contribution is -2.41. The van der Waals surface area contributed by atoms with E-state index < -0.39 is 0 Å². The van der Waals surface area contributed by atoms with E-state index in [4.69, 9.17) is 11.6 Å². The molecule has 0 bridgehead atoms. The van der Waals surface area contributed by atoms with E-state index in [2.05, 4.69) is 17.2 Å². The molecule has 1 heterocycles. The average molecular weight is 368 g/mol. The third-order valence-corrected chi connectivity index (χ3v) is 5.35. The monoisotopic (exact) mass is 367 g/mol. The highest BCUT2D eigenvalue weighted by atomic mass is 35.5. The quantitative estimate of drug-likeness (QED) is 0.481. The largest absolute Gasteiger partial charge is 0.348 e. The van der Waals surface area contributed by atoms with Crippen LogP contribution in [0.5, 0.6) is 0 Å². The van der Waals surface area contributed by atoms with Gasteiger partial charge in [-0.05, 0) is 49.5 Å². The molecule has 0 saturated heterocycles. The molecule has 1 aliphatic rings. The molecular weight excluding hydrogens is 346 g/mol. The Balaban J connectivity index is 1.87. The summed E-state index contributed by atoms with van der Waals surface area (Å²) >= 11 is 6.28. The van der Waals surface area contributed by atoms with E-state index in [1.54, 1.807) is 0 Å². The second kappa shape index (κ2) is 7.88. The van der Waals surface area contributed by atoms with Crippen LogP contribution < -0.4 is 5.32 Å². The van der Waals surface area contributed by atoms with Gasteiger partial charge >= 0.3 is 0 Å². The predicted octanol–water partition coefficient (Wildman–Crippen LogP) is 4.80. The van der Waals surface area contributed by atoms with Crippen LogP contribution in [0.4, 0.5) is 0 Å². The number of amides is 1. The summed E-state index contributed by atoms with van der Waals surface area (Å²) in [6.45, 7) is 4.14. The van der Waals surface area contributed by atoms with E-state index >= 15 is 0 Å². The van der Waals surface area contributed by atoms with Crippen LogP contribution in [0.15, 0.2) is 29.8 Å². The van der Waals surface area contributed by atoms with Crippen LogP contribution in [0.1, 0.15) is 43.7 Å². The number of benzene rings is 1. The molecule has 0 spiro atoms. The molecule has 2 atom stereocenters. The van der Waals surface area contributed by atoms with Crippen molar-refractivity contribution in [2.75, 3.05) is 0 Å². The topological polar surface area (TPSA) is 65.8 Å². The molecule has 0 radical (unpaired) electrons. The Morgan fingerprint density at radius 1 is 1.35 bits per heavy atom. The van der Waals surface area contributed by atoms with Gasteiger partial charge in [-0.1, -0.05) is 43.5 Å². The number of hydrogen-bond donors (Lipinski definition) is 1. The van der Waals surface area contributed by atoms with Gasteiger partial charge in [0, 0.05) is 17.0 Å². The number of carbonyl (C=O) groups is 1. The van der Waals surface area contributed by atoms with Crippen LogP contribution in [0, 0.1) is 24.2 Å². The minimum atomic E-state index is -0.341. The molecule has 0 unspecified atom stereocenters. The Labute approximate surface area is 158 Å². The molecule has 1 aromatic carbocycles. The zero-order chi connectivity index (χ0) is 18.7. The Bertz CT molecular complexity index is 913. The van der Waals surface area contributed by atoms with Gasteiger partial charge in [0.1, 0.15) is 16.8 Å². The number of halogens is 1. The zero-order valence-corrected chi connectivity index (χ0v) is 15.8. The first kappa shape index (κ1) is 18.4. The van der Waals surface area contributed by atoms with E-state index in [9.17, 15) is 10.1 Å². The third-order valence-electron chi connectivity index (χ3n) is 5.05. The minimum Gasteiger partial charge on any atom is -0.348 e. The summed E-state index contributed by atoms with van der Waals surface area (Å²) in [5, 5.41) is 13.7. The number of nitriles is 1. The van der Waals surface area contributed by atoms with Crippen LogP contribution in [0.2, 0.25) is 5.15 Å². The van der Waals surface area contributed by atoms with E-state index in [0.29, 0.717) is 11.5 Å². The number of pyridine rings is 1. The summed E-state index contributed by atoms with van der Waals surface area (Å²) in [4.78, 5) is 16.9. The summed E-state index contributed by atoms with van der Waals surface area (Å²) in [7, 11) is 0. The number of rotatable bonds is 3. The minimum absolute atomic E-state index is 0.0536. The molecule has 4 nitrogen and oxygen atoms in total. The van der Waals surface area contributed by atoms with Crippen LogP contribution >= 0.6 is 11.6 Å². The smallest absolute Gasteiger partial charge is 0.262 e. The maximum Gasteiger partial charge on any atom is 0.262 e. The second-order valence-corrected chi connectivity index (χ2v) is 7.43. The zero-order valence-electron chi connectivity index (χ0n) is 15.1. The van der Waals surface area contributed by atoms with Gasteiger partial charge in [0.2, 0.25) is 0 Å². The molecule has 1 amide bonds. The van der Waals surface area contributed by atoms with Gasteiger partial charge in [0.15, 0.2) is 0 Å². The van der Waals surface area contributed by atoms with Crippen LogP contribution in [0.3, 0.4) is 0 Å². The number of nitrogens with one attached hydrogen (secondary N) is 1. The van der Waals surface area contributed by atoms with Crippen molar-refractivity contribution < 1.29 is 4.79 Å². The molecule has 134 valence electrons. The molecule has 1 fully saturated rings. The van der Waals surface area contributed by atoms with Gasteiger partial charge in [-0.25, -0.2) is 4.98 Å². The van der Waals surface area contributed by atoms with Crippen molar-refractivity contribution >= 4 is 34.5 Å². The molecule has 1 saturated carbocycles. The fourth-order valence-corrected chi connectivity index (χ4v) is 3.65. The van der Waals surface area contributed by atoms with Crippen molar-refractivity contribution in [3.8, 4) is 6.07 Å². The molecular formula is C21H22ClN3O. The highest BCUT2D eigenvalue weighted by Crippen LogP contribution is 2.25. The number of nitrogens with zero attached hydrogens (tertiary/aromatic N) is 2. The third kappa shape index (κ3) is 4.05. The summed E-state index contributed by atoms with van der Waals surface area (Å²) in [6, 6.07) is 9.90. The fourth-order valence-electron chi connectivity index (χ4n) is 3.45. The molecule has 0 aliphatic heterocycles. The molecule has 1 aromatic heterocycles. The Morgan fingerprint density at radius 3 is 2.85 bits per heavy atom. The lowest BCUT2D eigenvalue weighted by molar-refractivity contribution is -0.118. The van der Waals surface area contributed by atoms with Gasteiger partial charge in [0.05, 0.1) is 5.52 Å². The molecule has 1 N–H and O–H groups in total. The van der Waals surface area contributed by atoms with E-state index in [1.165, 1.54) is 12.5 Å². The van der Waals surface area contributed by atoms with Gasteiger partial charge in [0.25, 0.3) is 5.91 Å². The lowest BCUT2D eigenvalue weighted by Gasteiger charge is -2.29. The summed E-state index contributed by atoms with van der Waals surface area (Å²) in [5.74, 6) is 0.0909. The lowest BCUT2D eigenvalue weighted by atomic mass is 9.86. The number of hydrogen-bond acceptors (Lipinski definition) is 3. The number of aryl methyl sites for hydroxylation is 1. The first-order valence-electron chi connectivity index (χ1n) is 8.97. The van der Waals surface area contributed by atoms with Gasteiger partial charge in [-0.2, -0.15) is 5.26 Å². The van der Waals surface area contributed by atoms with Crippen molar-refractivity contribution in [1.82, 2.24) is 10.3 Å². The maximum atomic E-state index is 12.5. The van der Waals surface area contributed by atoms with E-state index in [0.717, 1.165) is 35.7 Å².